The summed E-state index contributed by atoms with van der Waals surface area (Å²) >= 11 is 0. The fourth-order valence-electron chi connectivity index (χ4n) is 1.88. The second-order valence-electron chi connectivity index (χ2n) is 4.15. The number of fused-ring (bicyclic) bond motifs is 1. The fourth-order valence-corrected chi connectivity index (χ4v) is 1.88. The van der Waals surface area contributed by atoms with E-state index in [1.807, 2.05) is 7.05 Å². The average Bonchev–Trinajstić information content (AvgIpc) is 2.63. The largest absolute Gasteiger partial charge is 1.00 e. The Hall–Kier alpha value is -1.07. The number of hydrogen-bond acceptors (Lipinski definition) is 7. The molecule has 0 unspecified atom stereocenters. The fraction of sp³-hybridized carbons (Fsp3) is 0.600. The second kappa shape index (κ2) is 6.39. The lowest BCUT2D eigenvalue weighted by atomic mass is 10.4. The molecular formula is C10H17IN5O3-. The topological polar surface area (TPSA) is 96.8 Å². The van der Waals surface area contributed by atoms with Gasteiger partial charge in [0.15, 0.2) is 5.82 Å². The minimum Gasteiger partial charge on any atom is -1.00 e. The minimum atomic E-state index is -0.176. The lowest BCUT2D eigenvalue weighted by Gasteiger charge is -2.17. The van der Waals surface area contributed by atoms with Gasteiger partial charge < -0.3 is 49.4 Å². The van der Waals surface area contributed by atoms with Crippen LogP contribution in [-0.4, -0.2) is 48.3 Å². The zero-order valence-electron chi connectivity index (χ0n) is 10.8. The van der Waals surface area contributed by atoms with Crippen LogP contribution in [0.5, 0.6) is 0 Å². The summed E-state index contributed by atoms with van der Waals surface area (Å²) in [5.74, 6) is 0.692. The summed E-state index contributed by atoms with van der Waals surface area (Å²) in [6.07, 6.45) is 0. The Morgan fingerprint density at radius 3 is 2.79 bits per heavy atom. The Balaban J connectivity index is 0.00000180. The quantitative estimate of drug-likeness (QED) is 0.401. The first-order valence-electron chi connectivity index (χ1n) is 5.57. The van der Waals surface area contributed by atoms with Gasteiger partial charge in [-0.25, -0.2) is 0 Å². The number of hydrogen-bond donors (Lipinski definition) is 2. The van der Waals surface area contributed by atoms with E-state index in [1.165, 1.54) is 4.57 Å². The van der Waals surface area contributed by atoms with Crippen LogP contribution in [0.4, 0.5) is 17.5 Å². The highest BCUT2D eigenvalue weighted by molar-refractivity contribution is 5.72. The molecule has 2 heterocycles. The van der Waals surface area contributed by atoms with Crippen molar-refractivity contribution >= 4 is 17.5 Å². The van der Waals surface area contributed by atoms with E-state index in [9.17, 15) is 4.79 Å². The molecule has 0 aromatic carbocycles. The number of aromatic nitrogens is 2. The van der Waals surface area contributed by atoms with E-state index >= 15 is 0 Å². The van der Waals surface area contributed by atoms with Crippen LogP contribution in [0.1, 0.15) is 0 Å². The van der Waals surface area contributed by atoms with Gasteiger partial charge in [-0.3, -0.25) is 9.36 Å². The molecule has 2 rings (SSSR count). The van der Waals surface area contributed by atoms with Crippen molar-refractivity contribution in [2.24, 2.45) is 7.05 Å². The van der Waals surface area contributed by atoms with Gasteiger partial charge in [-0.1, -0.05) is 0 Å². The number of halogens is 1. The monoisotopic (exact) mass is 382 g/mol. The van der Waals surface area contributed by atoms with Crippen LogP contribution in [0.25, 0.3) is 0 Å². The molecular weight excluding hydrogens is 365 g/mol. The molecule has 1 aromatic heterocycles. The normalized spacial score (nSPS) is 13.4. The standard InChI is InChI=1S/C10H17N5O3.HI/c1-13-5-15(6-18-4-3-16)8-7(13)9(17)14(2)10(11)12-8;/h16H,3-6H2,1-2H3,(H2,11,12);1H/p-1. The summed E-state index contributed by atoms with van der Waals surface area (Å²) in [7, 11) is 3.40. The third-order valence-electron chi connectivity index (χ3n) is 2.83. The first-order chi connectivity index (χ1) is 8.56. The van der Waals surface area contributed by atoms with Crippen LogP contribution in [0.15, 0.2) is 4.79 Å². The van der Waals surface area contributed by atoms with Crippen LogP contribution in [0.3, 0.4) is 0 Å². The van der Waals surface area contributed by atoms with Crippen LogP contribution in [0, 0.1) is 0 Å². The van der Waals surface area contributed by atoms with Crippen molar-refractivity contribution in [3.63, 3.8) is 0 Å². The van der Waals surface area contributed by atoms with Gasteiger partial charge in [0.2, 0.25) is 5.95 Å². The SMILES string of the molecule is CN1CN(COCCO)c2nc(N)n(C)c(=O)c21.[I-]. The molecule has 1 aliphatic rings. The van der Waals surface area contributed by atoms with E-state index in [0.717, 1.165) is 0 Å². The van der Waals surface area contributed by atoms with E-state index < -0.39 is 0 Å². The third-order valence-corrected chi connectivity index (χ3v) is 2.83. The summed E-state index contributed by atoms with van der Waals surface area (Å²) in [5.41, 5.74) is 6.02. The van der Waals surface area contributed by atoms with E-state index in [1.54, 1.807) is 16.8 Å². The van der Waals surface area contributed by atoms with Crippen molar-refractivity contribution in [1.29, 1.82) is 0 Å². The molecule has 0 radical (unpaired) electrons. The summed E-state index contributed by atoms with van der Waals surface area (Å²) in [5, 5.41) is 8.67. The number of aliphatic hydroxyl groups is 1. The van der Waals surface area contributed by atoms with Gasteiger partial charge in [0, 0.05) is 14.1 Å². The van der Waals surface area contributed by atoms with Crippen molar-refractivity contribution in [1.82, 2.24) is 9.55 Å². The summed E-state index contributed by atoms with van der Waals surface area (Å²) in [4.78, 5) is 19.9. The van der Waals surface area contributed by atoms with Crippen LogP contribution < -0.4 is 45.1 Å². The molecule has 108 valence electrons. The van der Waals surface area contributed by atoms with E-state index in [0.29, 0.717) is 18.2 Å². The molecule has 0 amide bonds. The van der Waals surface area contributed by atoms with Crippen LogP contribution >= 0.6 is 0 Å². The lowest BCUT2D eigenvalue weighted by Crippen LogP contribution is -3.00. The zero-order chi connectivity index (χ0) is 13.3. The average molecular weight is 382 g/mol. The van der Waals surface area contributed by atoms with Gasteiger partial charge in [0.05, 0.1) is 19.9 Å². The molecule has 0 saturated carbocycles. The van der Waals surface area contributed by atoms with Crippen molar-refractivity contribution in [3.8, 4) is 0 Å². The number of aliphatic hydroxyl groups excluding tert-OH is 1. The molecule has 19 heavy (non-hydrogen) atoms. The Bertz CT molecular complexity index is 507. The van der Waals surface area contributed by atoms with Crippen LogP contribution in [-0.2, 0) is 11.8 Å². The highest BCUT2D eigenvalue weighted by Crippen LogP contribution is 2.29. The Labute approximate surface area is 127 Å². The highest BCUT2D eigenvalue weighted by atomic mass is 127. The van der Waals surface area contributed by atoms with E-state index in [2.05, 4.69) is 4.98 Å². The molecule has 0 spiro atoms. The van der Waals surface area contributed by atoms with Crippen molar-refractivity contribution in [2.45, 2.75) is 0 Å². The molecule has 1 aromatic rings. The molecule has 3 N–H and O–H groups in total. The number of anilines is 3. The van der Waals surface area contributed by atoms with Gasteiger partial charge in [-0.15, -0.1) is 0 Å². The first-order valence-corrected chi connectivity index (χ1v) is 5.57. The summed E-state index contributed by atoms with van der Waals surface area (Å²) in [6, 6.07) is 0. The molecule has 0 bridgehead atoms. The predicted molar refractivity (Wildman–Crippen MR) is 67.5 cm³/mol. The maximum Gasteiger partial charge on any atom is 0.280 e. The van der Waals surface area contributed by atoms with Crippen molar-refractivity contribution in [2.75, 3.05) is 49.2 Å². The highest BCUT2D eigenvalue weighted by Gasteiger charge is 2.29. The number of nitrogen functional groups attached to an aromatic ring is 1. The Kier molecular flexibility index (Phi) is 5.38. The minimum absolute atomic E-state index is 0. The molecule has 0 saturated heterocycles. The van der Waals surface area contributed by atoms with E-state index in [-0.39, 0.29) is 55.4 Å². The lowest BCUT2D eigenvalue weighted by molar-refractivity contribution is -0.00000512. The first kappa shape index (κ1) is 16.0. The van der Waals surface area contributed by atoms with Gasteiger partial charge >= 0.3 is 0 Å². The summed E-state index contributed by atoms with van der Waals surface area (Å²) in [6.45, 7) is 0.975. The van der Waals surface area contributed by atoms with E-state index in [4.69, 9.17) is 15.6 Å². The number of nitrogens with two attached hydrogens (primary N) is 1. The second-order valence-corrected chi connectivity index (χ2v) is 4.15. The molecule has 0 atom stereocenters. The van der Waals surface area contributed by atoms with Gasteiger partial charge in [-0.2, -0.15) is 4.98 Å². The number of nitrogens with zero attached hydrogens (tertiary/aromatic N) is 4. The maximum absolute atomic E-state index is 12.1. The smallest absolute Gasteiger partial charge is 0.280 e. The van der Waals surface area contributed by atoms with Crippen molar-refractivity contribution < 1.29 is 33.8 Å². The van der Waals surface area contributed by atoms with Gasteiger partial charge in [0.1, 0.15) is 12.4 Å². The molecule has 0 aliphatic carbocycles. The van der Waals surface area contributed by atoms with Gasteiger partial charge in [-0.05, 0) is 0 Å². The molecule has 9 heteroatoms. The maximum atomic E-state index is 12.1. The van der Waals surface area contributed by atoms with Crippen molar-refractivity contribution in [3.05, 3.63) is 10.4 Å². The number of rotatable bonds is 4. The number of ether oxygens (including phenoxy) is 1. The summed E-state index contributed by atoms with van der Waals surface area (Å²) < 4.78 is 6.55. The predicted octanol–water partition coefficient (Wildman–Crippen LogP) is -4.45. The molecule has 1 aliphatic heterocycles. The molecule has 8 nitrogen and oxygen atoms in total. The van der Waals surface area contributed by atoms with Crippen LogP contribution in [0.2, 0.25) is 0 Å². The zero-order valence-corrected chi connectivity index (χ0v) is 13.0. The van der Waals surface area contributed by atoms with Gasteiger partial charge in [0.25, 0.3) is 5.56 Å². The Morgan fingerprint density at radius 1 is 1.47 bits per heavy atom. The Morgan fingerprint density at radius 2 is 2.16 bits per heavy atom. The third kappa shape index (κ3) is 2.92. The molecule has 0 fully saturated rings.